The Morgan fingerprint density at radius 3 is 2.70 bits per heavy atom. The van der Waals surface area contributed by atoms with E-state index < -0.39 is 5.97 Å². The normalized spacial score (nSPS) is 14.7. The number of benzene rings is 1. The molecule has 0 bridgehead atoms. The van der Waals surface area contributed by atoms with E-state index in [9.17, 15) is 14.7 Å². The summed E-state index contributed by atoms with van der Waals surface area (Å²) in [5.41, 5.74) is 0.566. The van der Waals surface area contributed by atoms with E-state index in [1.165, 1.54) is 12.1 Å². The average Bonchev–Trinajstić information content (AvgIpc) is 2.67. The Morgan fingerprint density at radius 1 is 1.22 bits per heavy atom. The maximum absolute atomic E-state index is 12.1. The zero-order valence-corrected chi connectivity index (χ0v) is 16.0. The molecule has 1 amide bonds. The number of aromatic hydroxyl groups is 1. The molecule has 150 valence electrons. The second-order valence-corrected chi connectivity index (χ2v) is 6.68. The summed E-state index contributed by atoms with van der Waals surface area (Å²) in [7, 11) is 0. The van der Waals surface area contributed by atoms with Crippen molar-refractivity contribution < 1.29 is 24.2 Å². The summed E-state index contributed by atoms with van der Waals surface area (Å²) in [5.74, 6) is -0.874. The molecule has 2 N–H and O–H groups in total. The van der Waals surface area contributed by atoms with E-state index >= 15 is 0 Å². The Morgan fingerprint density at radius 2 is 2.00 bits per heavy atom. The Labute approximate surface area is 160 Å². The third-order valence-corrected chi connectivity index (χ3v) is 4.49. The van der Waals surface area contributed by atoms with Gasteiger partial charge in [0.05, 0.1) is 19.8 Å². The summed E-state index contributed by atoms with van der Waals surface area (Å²) < 4.78 is 10.5. The molecule has 1 aromatic rings. The van der Waals surface area contributed by atoms with E-state index in [0.29, 0.717) is 38.5 Å². The zero-order valence-electron chi connectivity index (χ0n) is 16.0. The van der Waals surface area contributed by atoms with Gasteiger partial charge in [0.1, 0.15) is 11.3 Å². The molecule has 0 radical (unpaired) electrons. The molecule has 1 saturated heterocycles. The van der Waals surface area contributed by atoms with Crippen molar-refractivity contribution in [3.8, 4) is 5.75 Å². The highest BCUT2D eigenvalue weighted by Crippen LogP contribution is 2.23. The van der Waals surface area contributed by atoms with Gasteiger partial charge in [-0.05, 0) is 18.6 Å². The summed E-state index contributed by atoms with van der Waals surface area (Å²) in [6.45, 7) is 6.21. The molecular weight excluding hydrogens is 348 g/mol. The Balaban J connectivity index is 1.77. The van der Waals surface area contributed by atoms with Gasteiger partial charge in [0.15, 0.2) is 0 Å². The number of rotatable bonds is 10. The Bertz CT molecular complexity index is 614. The Hall–Kier alpha value is -2.12. The topological polar surface area (TPSA) is 88.1 Å². The summed E-state index contributed by atoms with van der Waals surface area (Å²) in [6, 6.07) is 4.45. The maximum atomic E-state index is 12.1. The third kappa shape index (κ3) is 7.56. The van der Waals surface area contributed by atoms with Gasteiger partial charge in [-0.1, -0.05) is 26.2 Å². The third-order valence-electron chi connectivity index (χ3n) is 4.49. The standard InChI is InChI=1S/C20H30N2O5/c1-2-3-4-5-12-27-20(25)17-7-6-16(15-18(17)23)21-19(24)8-9-22-10-13-26-14-11-22/h6-7,15,23H,2-5,8-14H2,1H3,(H,21,24). The lowest BCUT2D eigenvalue weighted by Gasteiger charge is -2.26. The quantitative estimate of drug-likeness (QED) is 0.481. The minimum Gasteiger partial charge on any atom is -0.507 e. The lowest BCUT2D eigenvalue weighted by molar-refractivity contribution is -0.116. The Kier molecular flexibility index (Phi) is 9.07. The lowest BCUT2D eigenvalue weighted by atomic mass is 10.1. The SMILES string of the molecule is CCCCCCOC(=O)c1ccc(NC(=O)CCN2CCOCC2)cc1O. The van der Waals surface area contributed by atoms with Crippen molar-refractivity contribution in [3.05, 3.63) is 23.8 Å². The maximum Gasteiger partial charge on any atom is 0.341 e. The van der Waals surface area contributed by atoms with Crippen LogP contribution in [0.3, 0.4) is 0 Å². The van der Waals surface area contributed by atoms with Gasteiger partial charge in [0.25, 0.3) is 0 Å². The van der Waals surface area contributed by atoms with Crippen molar-refractivity contribution in [2.45, 2.75) is 39.0 Å². The van der Waals surface area contributed by atoms with Crippen LogP contribution in [-0.4, -0.2) is 61.3 Å². The van der Waals surface area contributed by atoms with Gasteiger partial charge in [0.2, 0.25) is 5.91 Å². The first-order valence-electron chi connectivity index (χ1n) is 9.70. The molecule has 0 spiro atoms. The molecule has 2 rings (SSSR count). The number of hydrogen-bond acceptors (Lipinski definition) is 6. The predicted molar refractivity (Wildman–Crippen MR) is 103 cm³/mol. The number of nitrogens with zero attached hydrogens (tertiary/aromatic N) is 1. The van der Waals surface area contributed by atoms with Crippen molar-refractivity contribution in [2.24, 2.45) is 0 Å². The largest absolute Gasteiger partial charge is 0.507 e. The molecular formula is C20H30N2O5. The number of esters is 1. The number of nitrogens with one attached hydrogen (secondary N) is 1. The van der Waals surface area contributed by atoms with E-state index in [0.717, 1.165) is 38.8 Å². The van der Waals surface area contributed by atoms with E-state index in [2.05, 4.69) is 17.1 Å². The van der Waals surface area contributed by atoms with Crippen LogP contribution in [0.1, 0.15) is 49.4 Å². The van der Waals surface area contributed by atoms with Crippen LogP contribution in [0.15, 0.2) is 18.2 Å². The highest BCUT2D eigenvalue weighted by atomic mass is 16.5. The van der Waals surface area contributed by atoms with Gasteiger partial charge in [-0.3, -0.25) is 9.69 Å². The van der Waals surface area contributed by atoms with Crippen LogP contribution in [0, 0.1) is 0 Å². The van der Waals surface area contributed by atoms with Crippen LogP contribution in [0.4, 0.5) is 5.69 Å². The minimum absolute atomic E-state index is 0.108. The first-order valence-corrected chi connectivity index (χ1v) is 9.70. The molecule has 1 aromatic carbocycles. The van der Waals surface area contributed by atoms with Crippen molar-refractivity contribution in [3.63, 3.8) is 0 Å². The molecule has 27 heavy (non-hydrogen) atoms. The fraction of sp³-hybridized carbons (Fsp3) is 0.600. The first kappa shape index (κ1) is 21.2. The van der Waals surface area contributed by atoms with Crippen LogP contribution in [0.5, 0.6) is 5.75 Å². The molecule has 1 aliphatic heterocycles. The monoisotopic (exact) mass is 378 g/mol. The van der Waals surface area contributed by atoms with E-state index in [4.69, 9.17) is 9.47 Å². The number of morpholine rings is 1. The van der Waals surface area contributed by atoms with Crippen molar-refractivity contribution in [1.82, 2.24) is 4.90 Å². The van der Waals surface area contributed by atoms with Crippen LogP contribution in [0.2, 0.25) is 0 Å². The minimum atomic E-state index is -0.547. The van der Waals surface area contributed by atoms with Crippen LogP contribution >= 0.6 is 0 Å². The first-order chi connectivity index (χ1) is 13.1. The molecule has 0 atom stereocenters. The van der Waals surface area contributed by atoms with E-state index in [-0.39, 0.29) is 17.2 Å². The van der Waals surface area contributed by atoms with Gasteiger partial charge in [-0.25, -0.2) is 4.79 Å². The molecule has 1 fully saturated rings. The smallest absolute Gasteiger partial charge is 0.341 e. The second-order valence-electron chi connectivity index (χ2n) is 6.68. The summed E-state index contributed by atoms with van der Waals surface area (Å²) in [5, 5.41) is 12.8. The number of anilines is 1. The number of carbonyl (C=O) groups is 2. The lowest BCUT2D eigenvalue weighted by Crippen LogP contribution is -2.38. The van der Waals surface area contributed by atoms with Gasteiger partial charge >= 0.3 is 5.97 Å². The van der Waals surface area contributed by atoms with E-state index in [1.54, 1.807) is 6.07 Å². The van der Waals surface area contributed by atoms with Gasteiger partial charge in [-0.15, -0.1) is 0 Å². The molecule has 0 aliphatic carbocycles. The molecule has 0 saturated carbocycles. The van der Waals surface area contributed by atoms with Crippen molar-refractivity contribution in [1.29, 1.82) is 0 Å². The number of phenolic OH excluding ortho intramolecular Hbond substituents is 1. The second kappa shape index (κ2) is 11.6. The number of phenols is 1. The molecule has 0 unspecified atom stereocenters. The number of carbonyl (C=O) groups excluding carboxylic acids is 2. The summed E-state index contributed by atoms with van der Waals surface area (Å²) >= 11 is 0. The van der Waals surface area contributed by atoms with Crippen LogP contribution in [0.25, 0.3) is 0 Å². The fourth-order valence-corrected chi connectivity index (χ4v) is 2.86. The number of hydrogen-bond donors (Lipinski definition) is 2. The van der Waals surface area contributed by atoms with Gasteiger partial charge in [-0.2, -0.15) is 0 Å². The molecule has 0 aromatic heterocycles. The predicted octanol–water partition coefficient (Wildman–Crippen LogP) is 2.79. The highest BCUT2D eigenvalue weighted by molar-refractivity contribution is 5.95. The molecule has 1 aliphatic rings. The summed E-state index contributed by atoms with van der Waals surface area (Å²) in [4.78, 5) is 26.3. The average molecular weight is 378 g/mol. The fourth-order valence-electron chi connectivity index (χ4n) is 2.86. The van der Waals surface area contributed by atoms with Crippen molar-refractivity contribution in [2.75, 3.05) is 44.8 Å². The van der Waals surface area contributed by atoms with Gasteiger partial charge < -0.3 is 19.9 Å². The van der Waals surface area contributed by atoms with Gasteiger partial charge in [0, 0.05) is 37.8 Å². The number of amides is 1. The number of unbranched alkanes of at least 4 members (excludes halogenated alkanes) is 3. The van der Waals surface area contributed by atoms with Crippen LogP contribution < -0.4 is 5.32 Å². The molecule has 7 heteroatoms. The number of ether oxygens (including phenoxy) is 2. The van der Waals surface area contributed by atoms with Crippen LogP contribution in [-0.2, 0) is 14.3 Å². The zero-order chi connectivity index (χ0) is 19.5. The van der Waals surface area contributed by atoms with Crippen molar-refractivity contribution >= 4 is 17.6 Å². The summed E-state index contributed by atoms with van der Waals surface area (Å²) in [6.07, 6.45) is 4.43. The van der Waals surface area contributed by atoms with E-state index in [1.807, 2.05) is 0 Å². The molecule has 7 nitrogen and oxygen atoms in total. The highest BCUT2D eigenvalue weighted by Gasteiger charge is 2.15. The molecule has 1 heterocycles.